The molecule has 1 aromatic heterocycles. The molecular weight excluding hydrogens is 231 g/mol. The lowest BCUT2D eigenvalue weighted by Gasteiger charge is -2.12. The maximum atomic E-state index is 14.0. The molecule has 1 fully saturated rings. The number of hydrogen-bond donors (Lipinski definition) is 1. The Hall–Kier alpha value is -1.68. The van der Waals surface area contributed by atoms with Gasteiger partial charge in [0.05, 0.1) is 11.8 Å². The summed E-state index contributed by atoms with van der Waals surface area (Å²) >= 11 is 0. The quantitative estimate of drug-likeness (QED) is 0.904. The van der Waals surface area contributed by atoms with Crippen LogP contribution in [0.5, 0.6) is 0 Å². The van der Waals surface area contributed by atoms with E-state index in [2.05, 4.69) is 5.10 Å². The van der Waals surface area contributed by atoms with Crippen LogP contribution >= 0.6 is 0 Å². The number of aliphatic hydroxyl groups excluding tert-OH is 1. The zero-order valence-corrected chi connectivity index (χ0v) is 10.2. The predicted octanol–water partition coefficient (Wildman–Crippen LogP) is 2.94. The zero-order valence-electron chi connectivity index (χ0n) is 10.2. The lowest BCUT2D eigenvalue weighted by molar-refractivity contribution is 0.198. The fourth-order valence-corrected chi connectivity index (χ4v) is 2.17. The first-order valence-corrected chi connectivity index (χ1v) is 6.19. The summed E-state index contributed by atoms with van der Waals surface area (Å²) in [4.78, 5) is 0. The van der Waals surface area contributed by atoms with Gasteiger partial charge >= 0.3 is 0 Å². The Kier molecular flexibility index (Phi) is 2.67. The van der Waals surface area contributed by atoms with Crippen LogP contribution in [0, 0.1) is 5.82 Å². The van der Waals surface area contributed by atoms with Crippen LogP contribution < -0.4 is 0 Å². The summed E-state index contributed by atoms with van der Waals surface area (Å²) in [5, 5.41) is 14.1. The number of hydrogen-bond acceptors (Lipinski definition) is 2. The normalized spacial score (nSPS) is 16.8. The highest BCUT2D eigenvalue weighted by Gasteiger charge is 2.26. The van der Waals surface area contributed by atoms with Crippen molar-refractivity contribution < 1.29 is 9.50 Å². The second-order valence-electron chi connectivity index (χ2n) is 4.81. The van der Waals surface area contributed by atoms with Crippen LogP contribution in [0.4, 0.5) is 4.39 Å². The van der Waals surface area contributed by atoms with Gasteiger partial charge in [0.15, 0.2) is 0 Å². The fourth-order valence-electron chi connectivity index (χ4n) is 2.17. The second kappa shape index (κ2) is 4.21. The summed E-state index contributed by atoms with van der Waals surface area (Å²) in [5.41, 5.74) is 1.91. The van der Waals surface area contributed by atoms with Crippen LogP contribution in [0.15, 0.2) is 30.5 Å². The summed E-state index contributed by atoms with van der Waals surface area (Å²) in [6.45, 7) is 1.63. The molecule has 2 aromatic rings. The molecule has 0 bridgehead atoms. The van der Waals surface area contributed by atoms with Gasteiger partial charge in [-0.3, -0.25) is 0 Å². The number of nitrogens with zero attached hydrogens (tertiary/aromatic N) is 2. The fraction of sp³-hybridized carbons (Fsp3) is 0.357. The number of aromatic nitrogens is 2. The van der Waals surface area contributed by atoms with Crippen LogP contribution in [0.25, 0.3) is 5.69 Å². The topological polar surface area (TPSA) is 38.0 Å². The van der Waals surface area contributed by atoms with E-state index in [1.807, 2.05) is 6.07 Å². The van der Waals surface area contributed by atoms with E-state index in [9.17, 15) is 9.50 Å². The number of aliphatic hydroxyl groups is 1. The van der Waals surface area contributed by atoms with Crippen LogP contribution in [0.2, 0.25) is 0 Å². The van der Waals surface area contributed by atoms with Crippen molar-refractivity contribution in [2.75, 3.05) is 0 Å². The van der Waals surface area contributed by atoms with Gasteiger partial charge in [-0.15, -0.1) is 0 Å². The van der Waals surface area contributed by atoms with Gasteiger partial charge in [0.1, 0.15) is 11.5 Å². The highest BCUT2D eigenvalue weighted by Crippen LogP contribution is 2.39. The van der Waals surface area contributed by atoms with E-state index >= 15 is 0 Å². The summed E-state index contributed by atoms with van der Waals surface area (Å²) < 4.78 is 15.5. The Morgan fingerprint density at radius 2 is 2.17 bits per heavy atom. The lowest BCUT2D eigenvalue weighted by atomic mass is 10.1. The first kappa shape index (κ1) is 11.4. The molecule has 0 spiro atoms. The lowest BCUT2D eigenvalue weighted by Crippen LogP contribution is -2.06. The molecule has 3 rings (SSSR count). The largest absolute Gasteiger partial charge is 0.389 e. The van der Waals surface area contributed by atoms with Gasteiger partial charge in [-0.2, -0.15) is 5.10 Å². The molecule has 0 saturated heterocycles. The molecule has 18 heavy (non-hydrogen) atoms. The second-order valence-corrected chi connectivity index (χ2v) is 4.81. The van der Waals surface area contributed by atoms with Crippen LogP contribution in [0.1, 0.15) is 43.0 Å². The van der Waals surface area contributed by atoms with E-state index < -0.39 is 6.10 Å². The van der Waals surface area contributed by atoms with Gasteiger partial charge in [-0.1, -0.05) is 12.1 Å². The van der Waals surface area contributed by atoms with E-state index in [-0.39, 0.29) is 5.82 Å². The van der Waals surface area contributed by atoms with E-state index in [1.165, 1.54) is 10.7 Å². The molecule has 0 radical (unpaired) electrons. The van der Waals surface area contributed by atoms with E-state index in [4.69, 9.17) is 0 Å². The van der Waals surface area contributed by atoms with Crippen LogP contribution in [-0.2, 0) is 0 Å². The molecule has 4 heteroatoms. The number of rotatable bonds is 3. The summed E-state index contributed by atoms with van der Waals surface area (Å²) in [6, 6.07) is 6.64. The van der Waals surface area contributed by atoms with Crippen molar-refractivity contribution in [3.8, 4) is 5.69 Å². The van der Waals surface area contributed by atoms with Crippen LogP contribution in [-0.4, -0.2) is 14.9 Å². The Morgan fingerprint density at radius 1 is 1.39 bits per heavy atom. The molecule has 1 aliphatic carbocycles. The summed E-state index contributed by atoms with van der Waals surface area (Å²) in [5.74, 6) is 0.173. The zero-order chi connectivity index (χ0) is 12.7. The minimum atomic E-state index is -0.718. The van der Waals surface area contributed by atoms with Crippen molar-refractivity contribution in [2.24, 2.45) is 0 Å². The summed E-state index contributed by atoms with van der Waals surface area (Å²) in [6.07, 6.45) is 3.37. The van der Waals surface area contributed by atoms with Gasteiger partial charge in [-0.05, 0) is 31.9 Å². The Labute approximate surface area is 105 Å². The number of para-hydroxylation sites is 1. The molecule has 1 aliphatic rings. The van der Waals surface area contributed by atoms with Gasteiger partial charge in [-0.25, -0.2) is 9.07 Å². The minimum Gasteiger partial charge on any atom is -0.389 e. The third-order valence-corrected chi connectivity index (χ3v) is 3.30. The van der Waals surface area contributed by atoms with Gasteiger partial charge in [0.25, 0.3) is 0 Å². The average molecular weight is 246 g/mol. The van der Waals surface area contributed by atoms with Crippen molar-refractivity contribution in [3.05, 3.63) is 47.5 Å². The molecule has 3 nitrogen and oxygen atoms in total. The summed E-state index contributed by atoms with van der Waals surface area (Å²) in [7, 11) is 0. The highest BCUT2D eigenvalue weighted by molar-refractivity contribution is 5.43. The average Bonchev–Trinajstić information content (AvgIpc) is 3.08. The van der Waals surface area contributed by atoms with Crippen molar-refractivity contribution in [3.63, 3.8) is 0 Å². The van der Waals surface area contributed by atoms with Crippen LogP contribution in [0.3, 0.4) is 0 Å². The number of benzene rings is 1. The standard InChI is InChI=1S/C14H15FN2O/c1-9(18)11-3-2-4-12(15)14(11)17-8-7-13(16-17)10-5-6-10/h2-4,7-10,18H,5-6H2,1H3/t9-/m1/s1. The smallest absolute Gasteiger partial charge is 0.149 e. The maximum absolute atomic E-state index is 14.0. The molecular formula is C14H15FN2O. The van der Waals surface area contributed by atoms with E-state index in [0.29, 0.717) is 17.2 Å². The first-order valence-electron chi connectivity index (χ1n) is 6.19. The van der Waals surface area contributed by atoms with Crippen molar-refractivity contribution in [1.82, 2.24) is 9.78 Å². The molecule has 1 aromatic carbocycles. The molecule has 1 saturated carbocycles. The molecule has 0 amide bonds. The molecule has 1 N–H and O–H groups in total. The highest BCUT2D eigenvalue weighted by atomic mass is 19.1. The minimum absolute atomic E-state index is 0.347. The molecule has 0 aliphatic heterocycles. The van der Waals surface area contributed by atoms with Gasteiger partial charge < -0.3 is 5.11 Å². The van der Waals surface area contributed by atoms with Crippen molar-refractivity contribution in [2.45, 2.75) is 31.8 Å². The molecule has 0 unspecified atom stereocenters. The van der Waals surface area contributed by atoms with Crippen molar-refractivity contribution >= 4 is 0 Å². The van der Waals surface area contributed by atoms with Gasteiger partial charge in [0.2, 0.25) is 0 Å². The third-order valence-electron chi connectivity index (χ3n) is 3.30. The number of halogens is 1. The van der Waals surface area contributed by atoms with Gasteiger partial charge in [0, 0.05) is 17.7 Å². The Bertz CT molecular complexity index is 573. The molecule has 1 atom stereocenters. The first-order chi connectivity index (χ1) is 8.66. The van der Waals surface area contributed by atoms with E-state index in [1.54, 1.807) is 25.3 Å². The van der Waals surface area contributed by atoms with E-state index in [0.717, 1.165) is 18.5 Å². The molecule has 94 valence electrons. The Balaban J connectivity index is 2.08. The monoisotopic (exact) mass is 246 g/mol. The predicted molar refractivity (Wildman–Crippen MR) is 66.1 cm³/mol. The maximum Gasteiger partial charge on any atom is 0.149 e. The SMILES string of the molecule is C[C@@H](O)c1cccc(F)c1-n1ccc(C2CC2)n1. The third kappa shape index (κ3) is 1.93. The van der Waals surface area contributed by atoms with Crippen molar-refractivity contribution in [1.29, 1.82) is 0 Å². The Morgan fingerprint density at radius 3 is 2.83 bits per heavy atom. The molecule has 1 heterocycles.